The summed E-state index contributed by atoms with van der Waals surface area (Å²) in [6, 6.07) is 0. The quantitative estimate of drug-likeness (QED) is 0.102. The molecule has 1 unspecified atom stereocenters. The second-order valence-corrected chi connectivity index (χ2v) is 11.2. The maximum absolute atomic E-state index is 13.3. The zero-order chi connectivity index (χ0) is 22.7. The summed E-state index contributed by atoms with van der Waals surface area (Å²) in [5.41, 5.74) is -0.395. The number of hydrogen-bond acceptors (Lipinski definition) is 4. The SMILES string of the molecule is CCCCCCCCC(C(=O)OC(C)(C)CC(C)(C)C)C1(CCCCCCC)OO1. The van der Waals surface area contributed by atoms with E-state index in [1.165, 1.54) is 44.9 Å². The van der Waals surface area contributed by atoms with Crippen LogP contribution in [0.15, 0.2) is 0 Å². The summed E-state index contributed by atoms with van der Waals surface area (Å²) in [5, 5.41) is 0. The van der Waals surface area contributed by atoms with Gasteiger partial charge in [-0.2, -0.15) is 9.78 Å². The molecule has 0 aliphatic carbocycles. The van der Waals surface area contributed by atoms with Crippen LogP contribution in [0, 0.1) is 11.3 Å². The van der Waals surface area contributed by atoms with Crippen LogP contribution in [0.2, 0.25) is 0 Å². The maximum Gasteiger partial charge on any atom is 0.315 e. The van der Waals surface area contributed by atoms with Gasteiger partial charge in [0.15, 0.2) is 0 Å². The molecular formula is C26H50O4. The Morgan fingerprint density at radius 2 is 1.30 bits per heavy atom. The fourth-order valence-electron chi connectivity index (χ4n) is 4.70. The van der Waals surface area contributed by atoms with E-state index in [-0.39, 0.29) is 17.3 Å². The van der Waals surface area contributed by atoms with Crippen molar-refractivity contribution in [2.75, 3.05) is 0 Å². The molecule has 30 heavy (non-hydrogen) atoms. The molecule has 178 valence electrons. The van der Waals surface area contributed by atoms with Crippen molar-refractivity contribution in [1.82, 2.24) is 0 Å². The lowest BCUT2D eigenvalue weighted by molar-refractivity contribution is -0.167. The Hall–Kier alpha value is -0.610. The van der Waals surface area contributed by atoms with Crippen molar-refractivity contribution >= 4 is 5.97 Å². The average Bonchev–Trinajstić information content (AvgIpc) is 3.38. The summed E-state index contributed by atoms with van der Waals surface area (Å²) in [6.07, 6.45) is 15.5. The predicted octanol–water partition coefficient (Wildman–Crippen LogP) is 8.13. The molecule has 4 nitrogen and oxygen atoms in total. The molecule has 1 aliphatic heterocycles. The largest absolute Gasteiger partial charge is 0.459 e. The lowest BCUT2D eigenvalue weighted by atomic mass is 9.83. The van der Waals surface area contributed by atoms with Crippen molar-refractivity contribution in [3.63, 3.8) is 0 Å². The first-order valence-corrected chi connectivity index (χ1v) is 12.6. The standard InChI is InChI=1S/C26H50O4/c1-8-10-12-14-15-17-19-22(23(27)28-25(6,7)21-24(3,4)5)26(29-30-26)20-18-16-13-11-9-2/h22H,8-21H2,1-7H3. The molecule has 1 heterocycles. The number of rotatable bonds is 17. The lowest BCUT2D eigenvalue weighted by Crippen LogP contribution is -2.40. The van der Waals surface area contributed by atoms with Crippen LogP contribution in [0.5, 0.6) is 0 Å². The van der Waals surface area contributed by atoms with Gasteiger partial charge in [0, 0.05) is 6.42 Å². The molecule has 0 N–H and O–H groups in total. The number of carbonyl (C=O) groups is 1. The first-order valence-electron chi connectivity index (χ1n) is 12.6. The van der Waals surface area contributed by atoms with Gasteiger partial charge in [-0.25, -0.2) is 0 Å². The molecule has 0 amide bonds. The number of esters is 1. The Bertz CT molecular complexity index is 474. The zero-order valence-corrected chi connectivity index (χ0v) is 21.1. The molecule has 0 saturated carbocycles. The van der Waals surface area contributed by atoms with Gasteiger partial charge < -0.3 is 4.74 Å². The third kappa shape index (κ3) is 11.1. The fourth-order valence-corrected chi connectivity index (χ4v) is 4.70. The van der Waals surface area contributed by atoms with Crippen LogP contribution in [-0.2, 0) is 19.3 Å². The number of carbonyl (C=O) groups excluding carboxylic acids is 1. The molecule has 1 fully saturated rings. The Balaban J connectivity index is 2.68. The summed E-state index contributed by atoms with van der Waals surface area (Å²) in [5.74, 6) is -1.22. The van der Waals surface area contributed by atoms with Crippen LogP contribution < -0.4 is 0 Å². The van der Waals surface area contributed by atoms with Crippen molar-refractivity contribution in [3.8, 4) is 0 Å². The van der Waals surface area contributed by atoms with E-state index in [9.17, 15) is 4.79 Å². The van der Waals surface area contributed by atoms with Crippen LogP contribution >= 0.6 is 0 Å². The number of unbranched alkanes of at least 4 members (excludes halogenated alkanes) is 9. The van der Waals surface area contributed by atoms with Crippen molar-refractivity contribution in [3.05, 3.63) is 0 Å². The van der Waals surface area contributed by atoms with E-state index in [2.05, 4.69) is 34.6 Å². The minimum Gasteiger partial charge on any atom is -0.459 e. The molecular weight excluding hydrogens is 376 g/mol. The minimum absolute atomic E-state index is 0.0993. The van der Waals surface area contributed by atoms with Crippen molar-refractivity contribution in [2.24, 2.45) is 11.3 Å². The fraction of sp³-hybridized carbons (Fsp3) is 0.962. The van der Waals surface area contributed by atoms with Crippen LogP contribution in [0.3, 0.4) is 0 Å². The number of ether oxygens (including phenoxy) is 1. The molecule has 1 atom stereocenters. The average molecular weight is 427 g/mol. The van der Waals surface area contributed by atoms with Gasteiger partial charge >= 0.3 is 5.97 Å². The van der Waals surface area contributed by atoms with E-state index >= 15 is 0 Å². The second-order valence-electron chi connectivity index (χ2n) is 11.2. The van der Waals surface area contributed by atoms with E-state index in [4.69, 9.17) is 14.5 Å². The highest BCUT2D eigenvalue weighted by Crippen LogP contribution is 2.46. The minimum atomic E-state index is -0.746. The molecule has 0 aromatic rings. The molecule has 0 aromatic heterocycles. The van der Waals surface area contributed by atoms with Gasteiger partial charge in [-0.05, 0) is 38.5 Å². The van der Waals surface area contributed by atoms with Gasteiger partial charge in [0.25, 0.3) is 0 Å². The normalized spacial score (nSPS) is 17.0. The third-order valence-electron chi connectivity index (χ3n) is 5.92. The number of hydrogen-bond donors (Lipinski definition) is 0. The smallest absolute Gasteiger partial charge is 0.315 e. The van der Waals surface area contributed by atoms with E-state index in [1.807, 2.05) is 13.8 Å². The summed E-state index contributed by atoms with van der Waals surface area (Å²) < 4.78 is 6.04. The van der Waals surface area contributed by atoms with Gasteiger partial charge in [0.2, 0.25) is 5.79 Å². The van der Waals surface area contributed by atoms with Crippen molar-refractivity contribution in [1.29, 1.82) is 0 Å². The van der Waals surface area contributed by atoms with Gasteiger partial charge in [-0.3, -0.25) is 4.79 Å². The van der Waals surface area contributed by atoms with Gasteiger partial charge in [0.05, 0.1) is 0 Å². The molecule has 4 heteroatoms. The summed E-state index contributed by atoms with van der Waals surface area (Å²) in [6.45, 7) is 15.0. The first-order chi connectivity index (χ1) is 14.1. The molecule has 1 saturated heterocycles. The first kappa shape index (κ1) is 27.4. The Labute approximate surface area is 186 Å². The summed E-state index contributed by atoms with van der Waals surface area (Å²) in [7, 11) is 0. The second kappa shape index (κ2) is 13.1. The third-order valence-corrected chi connectivity index (χ3v) is 5.92. The van der Waals surface area contributed by atoms with Crippen molar-refractivity contribution < 1.29 is 19.3 Å². The Morgan fingerprint density at radius 1 is 0.800 bits per heavy atom. The Kier molecular flexibility index (Phi) is 11.9. The van der Waals surface area contributed by atoms with Gasteiger partial charge in [0.1, 0.15) is 11.5 Å². The van der Waals surface area contributed by atoms with Crippen LogP contribution in [0.25, 0.3) is 0 Å². The van der Waals surface area contributed by atoms with E-state index in [1.54, 1.807) is 0 Å². The van der Waals surface area contributed by atoms with Crippen LogP contribution in [0.1, 0.15) is 138 Å². The highest BCUT2D eigenvalue weighted by atomic mass is 17.4. The summed E-state index contributed by atoms with van der Waals surface area (Å²) >= 11 is 0. The van der Waals surface area contributed by atoms with E-state index in [0.29, 0.717) is 0 Å². The van der Waals surface area contributed by atoms with E-state index < -0.39 is 11.4 Å². The predicted molar refractivity (Wildman–Crippen MR) is 124 cm³/mol. The zero-order valence-electron chi connectivity index (χ0n) is 21.1. The van der Waals surface area contributed by atoms with Crippen LogP contribution in [0.4, 0.5) is 0 Å². The van der Waals surface area contributed by atoms with E-state index in [0.717, 1.165) is 44.9 Å². The van der Waals surface area contributed by atoms with Crippen molar-refractivity contribution in [2.45, 2.75) is 150 Å². The molecule has 0 radical (unpaired) electrons. The molecule has 0 aromatic carbocycles. The maximum atomic E-state index is 13.3. The topological polar surface area (TPSA) is 51.4 Å². The molecule has 0 bridgehead atoms. The van der Waals surface area contributed by atoms with Gasteiger partial charge in [-0.15, -0.1) is 0 Å². The monoisotopic (exact) mass is 426 g/mol. The lowest BCUT2D eigenvalue weighted by Gasteiger charge is -2.33. The highest BCUT2D eigenvalue weighted by Gasteiger charge is 2.58. The van der Waals surface area contributed by atoms with Crippen LogP contribution in [-0.4, -0.2) is 17.4 Å². The summed E-state index contributed by atoms with van der Waals surface area (Å²) in [4.78, 5) is 24.2. The highest BCUT2D eigenvalue weighted by molar-refractivity contribution is 5.74. The van der Waals surface area contributed by atoms with Gasteiger partial charge in [-0.1, -0.05) is 98.8 Å². The molecule has 0 spiro atoms. The molecule has 1 rings (SSSR count). The molecule has 1 aliphatic rings. The Morgan fingerprint density at radius 3 is 1.80 bits per heavy atom.